The Hall–Kier alpha value is -3.88. The fourth-order valence-corrected chi connectivity index (χ4v) is 2.24. The monoisotopic (exact) mass is 374 g/mol. The van der Waals surface area contributed by atoms with Gasteiger partial charge in [-0.05, 0) is 43.3 Å². The van der Waals surface area contributed by atoms with Crippen molar-refractivity contribution in [1.29, 1.82) is 0 Å². The molecule has 0 aliphatic carbocycles. The van der Waals surface area contributed by atoms with Gasteiger partial charge in [-0.3, -0.25) is 0 Å². The van der Waals surface area contributed by atoms with Crippen LogP contribution in [0.2, 0.25) is 0 Å². The van der Waals surface area contributed by atoms with E-state index in [-0.39, 0.29) is 29.2 Å². The van der Waals surface area contributed by atoms with Crippen LogP contribution < -0.4 is 4.74 Å². The molecular weight excluding hydrogens is 360 g/mol. The Balaban J connectivity index is 2.40. The second kappa shape index (κ2) is 8.00. The van der Waals surface area contributed by atoms with Crippen LogP contribution >= 0.6 is 0 Å². The highest BCUT2D eigenvalue weighted by Crippen LogP contribution is 2.27. The molecule has 2 rings (SSSR count). The molecule has 140 valence electrons. The topological polar surface area (TPSA) is 147 Å². The number of ether oxygens (including phenoxy) is 2. The van der Waals surface area contributed by atoms with Crippen LogP contribution in [-0.2, 0) is 4.74 Å². The number of benzene rings is 2. The minimum absolute atomic E-state index is 0.0138. The van der Waals surface area contributed by atoms with Crippen molar-refractivity contribution in [3.63, 3.8) is 0 Å². The lowest BCUT2D eigenvalue weighted by Crippen LogP contribution is -2.11. The molecule has 0 aromatic heterocycles. The van der Waals surface area contributed by atoms with Crippen LogP contribution in [0.1, 0.15) is 48.4 Å². The van der Waals surface area contributed by atoms with E-state index in [1.54, 1.807) is 6.92 Å². The summed E-state index contributed by atoms with van der Waals surface area (Å²) in [6, 6.07) is 6.90. The van der Waals surface area contributed by atoms with Crippen LogP contribution in [0, 0.1) is 0 Å². The van der Waals surface area contributed by atoms with E-state index in [1.807, 2.05) is 0 Å². The summed E-state index contributed by atoms with van der Waals surface area (Å²) in [5, 5.41) is 27.4. The van der Waals surface area contributed by atoms with Crippen molar-refractivity contribution in [2.24, 2.45) is 0 Å². The van der Waals surface area contributed by atoms with Crippen LogP contribution in [0.3, 0.4) is 0 Å². The minimum atomic E-state index is -1.46. The first-order valence-electron chi connectivity index (χ1n) is 7.57. The second-order valence-electron chi connectivity index (χ2n) is 5.15. The quantitative estimate of drug-likeness (QED) is 0.622. The molecule has 0 spiro atoms. The van der Waals surface area contributed by atoms with Crippen molar-refractivity contribution in [3.8, 4) is 11.5 Å². The number of rotatable bonds is 7. The van der Waals surface area contributed by atoms with Gasteiger partial charge in [-0.15, -0.1) is 0 Å². The predicted octanol–water partition coefficient (Wildman–Crippen LogP) is 2.75. The maximum absolute atomic E-state index is 11.8. The SMILES string of the molecule is CCOC(=O)c1ccc(Oc2ccc(C(=O)O)c(C(=O)O)c2)cc1C(=O)O. The van der Waals surface area contributed by atoms with Crippen molar-refractivity contribution < 1.29 is 44.0 Å². The largest absolute Gasteiger partial charge is 0.478 e. The van der Waals surface area contributed by atoms with Crippen LogP contribution in [0.25, 0.3) is 0 Å². The van der Waals surface area contributed by atoms with Crippen LogP contribution in [0.5, 0.6) is 11.5 Å². The highest BCUT2D eigenvalue weighted by Gasteiger charge is 2.20. The molecule has 0 amide bonds. The Bertz CT molecular complexity index is 930. The van der Waals surface area contributed by atoms with Crippen LogP contribution in [-0.4, -0.2) is 45.8 Å². The number of hydrogen-bond donors (Lipinski definition) is 3. The van der Waals surface area contributed by atoms with Gasteiger partial charge in [-0.25, -0.2) is 19.2 Å². The first-order valence-corrected chi connectivity index (χ1v) is 7.57. The Labute approximate surface area is 152 Å². The van der Waals surface area contributed by atoms with Gasteiger partial charge in [0.2, 0.25) is 0 Å². The third-order valence-electron chi connectivity index (χ3n) is 3.40. The van der Waals surface area contributed by atoms with Gasteiger partial charge >= 0.3 is 23.9 Å². The first kappa shape index (κ1) is 19.4. The van der Waals surface area contributed by atoms with E-state index in [2.05, 4.69) is 0 Å². The zero-order valence-corrected chi connectivity index (χ0v) is 14.0. The van der Waals surface area contributed by atoms with Gasteiger partial charge < -0.3 is 24.8 Å². The lowest BCUT2D eigenvalue weighted by Gasteiger charge is -2.11. The fourth-order valence-electron chi connectivity index (χ4n) is 2.24. The molecule has 0 aliphatic rings. The van der Waals surface area contributed by atoms with Crippen molar-refractivity contribution in [3.05, 3.63) is 58.7 Å². The summed E-state index contributed by atoms with van der Waals surface area (Å²) in [4.78, 5) is 45.5. The normalized spacial score (nSPS) is 10.1. The van der Waals surface area contributed by atoms with Gasteiger partial charge in [0.05, 0.1) is 28.9 Å². The van der Waals surface area contributed by atoms with Gasteiger partial charge in [0.1, 0.15) is 11.5 Å². The Morgan fingerprint density at radius 2 is 1.19 bits per heavy atom. The van der Waals surface area contributed by atoms with E-state index < -0.39 is 35.0 Å². The molecule has 27 heavy (non-hydrogen) atoms. The predicted molar refractivity (Wildman–Crippen MR) is 89.8 cm³/mol. The third-order valence-corrected chi connectivity index (χ3v) is 3.40. The van der Waals surface area contributed by atoms with Crippen LogP contribution in [0.15, 0.2) is 36.4 Å². The summed E-state index contributed by atoms with van der Waals surface area (Å²) in [5.74, 6) is -5.05. The zero-order valence-electron chi connectivity index (χ0n) is 14.0. The number of carboxylic acids is 3. The fraction of sp³-hybridized carbons (Fsp3) is 0.111. The zero-order chi connectivity index (χ0) is 20.1. The average molecular weight is 374 g/mol. The summed E-state index contributed by atoms with van der Waals surface area (Å²) in [7, 11) is 0. The van der Waals surface area contributed by atoms with E-state index in [0.29, 0.717) is 0 Å². The summed E-state index contributed by atoms with van der Waals surface area (Å²) in [5.41, 5.74) is -1.42. The summed E-state index contributed by atoms with van der Waals surface area (Å²) < 4.78 is 10.2. The molecule has 9 heteroatoms. The van der Waals surface area contributed by atoms with E-state index in [0.717, 1.165) is 18.2 Å². The Kier molecular flexibility index (Phi) is 5.76. The number of hydrogen-bond acceptors (Lipinski definition) is 6. The molecule has 2 aromatic carbocycles. The number of carboxylic acid groups (broad SMARTS) is 3. The highest BCUT2D eigenvalue weighted by atomic mass is 16.5. The van der Waals surface area contributed by atoms with Gasteiger partial charge in [0.15, 0.2) is 0 Å². The smallest absolute Gasteiger partial charge is 0.339 e. The number of aromatic carboxylic acids is 3. The maximum atomic E-state index is 11.8. The minimum Gasteiger partial charge on any atom is -0.478 e. The highest BCUT2D eigenvalue weighted by molar-refractivity contribution is 6.03. The molecule has 0 saturated heterocycles. The molecule has 0 heterocycles. The Morgan fingerprint density at radius 1 is 0.741 bits per heavy atom. The average Bonchev–Trinajstić information content (AvgIpc) is 2.61. The van der Waals surface area contributed by atoms with E-state index >= 15 is 0 Å². The number of carbonyl (C=O) groups is 4. The van der Waals surface area contributed by atoms with Gasteiger partial charge in [0.25, 0.3) is 0 Å². The van der Waals surface area contributed by atoms with Crippen molar-refractivity contribution >= 4 is 23.9 Å². The summed E-state index contributed by atoms with van der Waals surface area (Å²) >= 11 is 0. The molecule has 0 bridgehead atoms. The van der Waals surface area contributed by atoms with E-state index in [1.165, 1.54) is 18.2 Å². The van der Waals surface area contributed by atoms with Crippen LogP contribution in [0.4, 0.5) is 0 Å². The number of esters is 1. The third kappa shape index (κ3) is 4.40. The van der Waals surface area contributed by atoms with Crippen molar-refractivity contribution in [1.82, 2.24) is 0 Å². The van der Waals surface area contributed by atoms with Gasteiger partial charge in [-0.1, -0.05) is 0 Å². The lowest BCUT2D eigenvalue weighted by atomic mass is 10.1. The molecule has 0 radical (unpaired) electrons. The summed E-state index contributed by atoms with van der Waals surface area (Å²) in [6.07, 6.45) is 0. The molecule has 0 aliphatic heterocycles. The second-order valence-corrected chi connectivity index (χ2v) is 5.15. The van der Waals surface area contributed by atoms with E-state index in [4.69, 9.17) is 19.7 Å². The molecule has 2 aromatic rings. The molecule has 9 nitrogen and oxygen atoms in total. The molecule has 0 saturated carbocycles. The summed E-state index contributed by atoms with van der Waals surface area (Å²) in [6.45, 7) is 1.65. The van der Waals surface area contributed by atoms with E-state index in [9.17, 15) is 24.3 Å². The lowest BCUT2D eigenvalue weighted by molar-refractivity contribution is 0.0514. The van der Waals surface area contributed by atoms with Crippen molar-refractivity contribution in [2.45, 2.75) is 6.92 Å². The molecule has 0 fully saturated rings. The Morgan fingerprint density at radius 3 is 1.63 bits per heavy atom. The van der Waals surface area contributed by atoms with Gasteiger partial charge in [-0.2, -0.15) is 0 Å². The molecule has 3 N–H and O–H groups in total. The maximum Gasteiger partial charge on any atom is 0.339 e. The standard InChI is InChI=1S/C18H14O9/c1-2-26-18(25)12-6-4-10(8-14(12)17(23)24)27-9-3-5-11(15(19)20)13(7-9)16(21)22/h3-8H,2H2,1H3,(H,19,20)(H,21,22)(H,23,24). The molecular formula is C18H14O9. The number of carbonyl (C=O) groups excluding carboxylic acids is 1. The van der Waals surface area contributed by atoms with Crippen molar-refractivity contribution in [2.75, 3.05) is 6.61 Å². The van der Waals surface area contributed by atoms with Gasteiger partial charge in [0, 0.05) is 0 Å². The first-order chi connectivity index (χ1) is 12.7. The molecule has 0 unspecified atom stereocenters. The molecule has 0 atom stereocenters.